The van der Waals surface area contributed by atoms with E-state index in [1.54, 1.807) is 22.7 Å². The molecule has 0 aliphatic rings. The fourth-order valence-electron chi connectivity index (χ4n) is 3.11. The van der Waals surface area contributed by atoms with Crippen molar-refractivity contribution < 1.29 is 5.48 Å². The molecule has 0 bridgehead atoms. The van der Waals surface area contributed by atoms with Gasteiger partial charge in [-0.15, -0.1) is 22.7 Å². The Labute approximate surface area is 134 Å². The summed E-state index contributed by atoms with van der Waals surface area (Å²) in [5, 5.41) is 6.59. The third-order valence-corrected chi connectivity index (χ3v) is 6.42. The highest BCUT2D eigenvalue weighted by atomic mass is 32.1. The number of fused-ring (bicyclic) bond motifs is 10. The van der Waals surface area contributed by atoms with Crippen LogP contribution in [0, 0.1) is 0 Å². The van der Waals surface area contributed by atoms with Crippen molar-refractivity contribution in [3.63, 3.8) is 0 Å². The molecule has 0 amide bonds. The number of rotatable bonds is 0. The van der Waals surface area contributed by atoms with Crippen molar-refractivity contribution in [3.05, 3.63) is 22.9 Å². The predicted molar refractivity (Wildman–Crippen MR) is 95.5 cm³/mol. The summed E-state index contributed by atoms with van der Waals surface area (Å²) in [7, 11) is 0. The summed E-state index contributed by atoms with van der Waals surface area (Å²) in [6, 6.07) is 4.16. The second kappa shape index (κ2) is 4.05. The fraction of sp³-hybridized carbons (Fsp3) is 0. The van der Waals surface area contributed by atoms with E-state index in [9.17, 15) is 0 Å². The zero-order valence-electron chi connectivity index (χ0n) is 10.9. The lowest BCUT2D eigenvalue weighted by molar-refractivity contribution is 0.824. The van der Waals surface area contributed by atoms with E-state index in [1.807, 2.05) is 0 Å². The van der Waals surface area contributed by atoms with Crippen molar-refractivity contribution in [2.24, 2.45) is 0 Å². The van der Waals surface area contributed by atoms with Crippen molar-refractivity contribution in [1.29, 1.82) is 0 Å². The monoisotopic (exact) mass is 344 g/mol. The molecular weight excluding hydrogens is 336 g/mol. The topological polar surface area (TPSA) is 88.9 Å². The molecule has 5 aromatic heterocycles. The Kier molecular flexibility index (Phi) is 2.31. The predicted octanol–water partition coefficient (Wildman–Crippen LogP) is 4.26. The summed E-state index contributed by atoms with van der Waals surface area (Å²) in [6.07, 6.45) is 0. The summed E-state index contributed by atoms with van der Waals surface area (Å²) in [5.41, 5.74) is 6.46. The third kappa shape index (κ3) is 1.27. The van der Waals surface area contributed by atoms with Gasteiger partial charge in [-0.25, -0.2) is 9.97 Å². The SMILES string of the molecule is O.c1cc2nc3c4nc5ccsc5c4c4[nH]s[nH]c4c3c2s1. The molecule has 22 heavy (non-hydrogen) atoms. The van der Waals surface area contributed by atoms with E-state index < -0.39 is 0 Å². The van der Waals surface area contributed by atoms with E-state index in [2.05, 4.69) is 31.6 Å². The molecule has 0 saturated heterocycles. The van der Waals surface area contributed by atoms with Gasteiger partial charge in [0.1, 0.15) is 11.0 Å². The smallest absolute Gasteiger partial charge is 0.101 e. The summed E-state index contributed by atoms with van der Waals surface area (Å²) in [5.74, 6) is 0. The van der Waals surface area contributed by atoms with Gasteiger partial charge in [0.05, 0.1) is 31.5 Å². The van der Waals surface area contributed by atoms with Gasteiger partial charge in [0.2, 0.25) is 0 Å². The Morgan fingerprint density at radius 2 is 1.27 bits per heavy atom. The van der Waals surface area contributed by atoms with Gasteiger partial charge in [-0.1, -0.05) is 0 Å². The third-order valence-electron chi connectivity index (χ3n) is 3.96. The van der Waals surface area contributed by atoms with Crippen LogP contribution in [0.1, 0.15) is 0 Å². The summed E-state index contributed by atoms with van der Waals surface area (Å²) >= 11 is 5.00. The fourth-order valence-corrected chi connectivity index (χ4v) is 5.54. The minimum Gasteiger partial charge on any atom is -0.412 e. The van der Waals surface area contributed by atoms with E-state index >= 15 is 0 Å². The van der Waals surface area contributed by atoms with E-state index in [4.69, 9.17) is 9.97 Å². The van der Waals surface area contributed by atoms with Crippen molar-refractivity contribution in [2.45, 2.75) is 0 Å². The highest BCUT2D eigenvalue weighted by Crippen LogP contribution is 2.43. The van der Waals surface area contributed by atoms with Gasteiger partial charge in [0, 0.05) is 22.5 Å². The van der Waals surface area contributed by atoms with Crippen LogP contribution in [0.25, 0.3) is 53.3 Å². The van der Waals surface area contributed by atoms with Crippen LogP contribution >= 0.6 is 34.4 Å². The second-order valence-electron chi connectivity index (χ2n) is 5.00. The second-order valence-corrected chi connectivity index (χ2v) is 7.44. The molecule has 5 nitrogen and oxygen atoms in total. The minimum absolute atomic E-state index is 0. The molecule has 1 aromatic carbocycles. The van der Waals surface area contributed by atoms with Crippen molar-refractivity contribution in [2.75, 3.05) is 0 Å². The first-order valence-electron chi connectivity index (χ1n) is 6.43. The first-order valence-corrected chi connectivity index (χ1v) is 9.00. The van der Waals surface area contributed by atoms with Gasteiger partial charge in [0.25, 0.3) is 0 Å². The normalized spacial score (nSPS) is 12.2. The Morgan fingerprint density at radius 3 is 1.77 bits per heavy atom. The lowest BCUT2D eigenvalue weighted by Crippen LogP contribution is -1.78. The van der Waals surface area contributed by atoms with Crippen LogP contribution < -0.4 is 0 Å². The summed E-state index contributed by atoms with van der Waals surface area (Å²) in [6.45, 7) is 0. The quantitative estimate of drug-likeness (QED) is 0.431. The van der Waals surface area contributed by atoms with Gasteiger partial charge in [-0.3, -0.25) is 8.75 Å². The highest BCUT2D eigenvalue weighted by molar-refractivity contribution is 7.19. The molecule has 0 fully saturated rings. The minimum atomic E-state index is 0. The molecule has 6 rings (SSSR count). The molecule has 5 heterocycles. The van der Waals surface area contributed by atoms with Gasteiger partial charge in [0.15, 0.2) is 0 Å². The first-order chi connectivity index (χ1) is 10.4. The van der Waals surface area contributed by atoms with Crippen LogP contribution in [0.15, 0.2) is 22.9 Å². The van der Waals surface area contributed by atoms with E-state index in [0.717, 1.165) is 33.1 Å². The standard InChI is InChI=1S/C14H6N4S3.H2O/c1-3-19-13-5(1)15-9-7(13)11-12(18-21-17-11)8-10(9)16-6-2-4-20-14(6)8;/h1-4,17-18H;1H2. The number of nitrogens with zero attached hydrogens (tertiary/aromatic N) is 2. The maximum atomic E-state index is 4.83. The highest BCUT2D eigenvalue weighted by Gasteiger charge is 2.21. The molecule has 0 aliphatic heterocycles. The van der Waals surface area contributed by atoms with Crippen molar-refractivity contribution >= 4 is 87.7 Å². The molecule has 0 saturated carbocycles. The molecular formula is C14H8N4OS3. The molecule has 4 N–H and O–H groups in total. The zero-order chi connectivity index (χ0) is 13.6. The van der Waals surface area contributed by atoms with Crippen molar-refractivity contribution in [1.82, 2.24) is 18.7 Å². The lowest BCUT2D eigenvalue weighted by Gasteiger charge is -1.96. The molecule has 0 spiro atoms. The number of hydrogen-bond acceptors (Lipinski definition) is 5. The maximum Gasteiger partial charge on any atom is 0.101 e. The Morgan fingerprint density at radius 1 is 0.773 bits per heavy atom. The molecule has 8 heteroatoms. The van der Waals surface area contributed by atoms with E-state index in [0.29, 0.717) is 0 Å². The first kappa shape index (κ1) is 12.5. The summed E-state index contributed by atoms with van der Waals surface area (Å²) in [4.78, 5) is 9.66. The molecule has 108 valence electrons. The number of H-pyrrole nitrogens is 2. The van der Waals surface area contributed by atoms with Crippen LogP contribution in [-0.2, 0) is 0 Å². The van der Waals surface area contributed by atoms with E-state index in [1.165, 1.54) is 31.9 Å². The number of benzene rings is 1. The summed E-state index contributed by atoms with van der Waals surface area (Å²) < 4.78 is 9.28. The average molecular weight is 344 g/mol. The van der Waals surface area contributed by atoms with Crippen molar-refractivity contribution in [3.8, 4) is 0 Å². The lowest BCUT2D eigenvalue weighted by atomic mass is 10.1. The molecule has 0 unspecified atom stereocenters. The van der Waals surface area contributed by atoms with Crippen LogP contribution in [0.5, 0.6) is 0 Å². The number of nitrogens with one attached hydrogen (secondary N) is 2. The maximum absolute atomic E-state index is 4.83. The molecule has 6 aromatic rings. The van der Waals surface area contributed by atoms with Gasteiger partial charge < -0.3 is 5.48 Å². The van der Waals surface area contributed by atoms with Crippen LogP contribution in [0.4, 0.5) is 0 Å². The molecule has 0 atom stereocenters. The average Bonchev–Trinajstić information content (AvgIpc) is 3.22. The molecule has 0 aliphatic carbocycles. The van der Waals surface area contributed by atoms with Crippen LogP contribution in [0.2, 0.25) is 0 Å². The number of aromatic amines is 2. The van der Waals surface area contributed by atoms with Crippen LogP contribution in [0.3, 0.4) is 0 Å². The zero-order valence-corrected chi connectivity index (χ0v) is 13.4. The Balaban J connectivity index is 0.00000113. The van der Waals surface area contributed by atoms with E-state index in [-0.39, 0.29) is 5.48 Å². The Hall–Kier alpha value is -2.00. The number of hydrogen-bond donors (Lipinski definition) is 2. The van der Waals surface area contributed by atoms with Gasteiger partial charge in [-0.05, 0) is 22.9 Å². The van der Waals surface area contributed by atoms with Gasteiger partial charge in [-0.2, -0.15) is 0 Å². The molecule has 0 radical (unpaired) electrons. The van der Waals surface area contributed by atoms with Crippen LogP contribution in [-0.4, -0.2) is 24.2 Å². The largest absolute Gasteiger partial charge is 0.412 e. The van der Waals surface area contributed by atoms with Gasteiger partial charge >= 0.3 is 0 Å². The number of aromatic nitrogens is 4. The Bertz CT molecular complexity index is 1200. The number of thiophene rings is 2.